The minimum atomic E-state index is -1.07. The molecule has 0 aromatic heterocycles. The summed E-state index contributed by atoms with van der Waals surface area (Å²) in [5.74, 6) is -3.27. The molecule has 3 aromatic rings. The Hall–Kier alpha value is -3.31. The molecule has 3 aliphatic carbocycles. The van der Waals surface area contributed by atoms with Gasteiger partial charge >= 0.3 is 0 Å². The van der Waals surface area contributed by atoms with Crippen LogP contribution in [-0.2, 0) is 15.0 Å². The summed E-state index contributed by atoms with van der Waals surface area (Å²) in [5.41, 5.74) is 2.58. The molecule has 1 N–H and O–H groups in total. The molecule has 0 saturated carbocycles. The number of para-hydroxylation sites is 1. The molecule has 1 heterocycles. The van der Waals surface area contributed by atoms with E-state index in [0.717, 1.165) is 27.2 Å². The van der Waals surface area contributed by atoms with Crippen LogP contribution in [0.25, 0.3) is 0 Å². The number of amides is 2. The van der Waals surface area contributed by atoms with Crippen LogP contribution in [0.5, 0.6) is 0 Å². The summed E-state index contributed by atoms with van der Waals surface area (Å²) < 4.78 is 14.7. The average Bonchev–Trinajstić information content (AvgIpc) is 3.05. The number of carbonyl (C=O) groups excluding carboxylic acids is 2. The number of benzene rings is 3. The summed E-state index contributed by atoms with van der Waals surface area (Å²) in [6.07, 6.45) is -0.930. The lowest BCUT2D eigenvalue weighted by atomic mass is 9.46. The molecule has 7 rings (SSSR count). The van der Waals surface area contributed by atoms with Crippen LogP contribution in [-0.4, -0.2) is 23.0 Å². The zero-order chi connectivity index (χ0) is 21.5. The number of nitrogens with zero attached hydrogens (tertiary/aromatic N) is 1. The summed E-state index contributed by atoms with van der Waals surface area (Å²) in [7, 11) is 0. The first kappa shape index (κ1) is 18.5. The molecule has 0 spiro atoms. The lowest BCUT2D eigenvalue weighted by Crippen LogP contribution is -2.58. The quantitative estimate of drug-likeness (QED) is 0.651. The summed E-state index contributed by atoms with van der Waals surface area (Å²) in [6.45, 7) is 1.68. The molecule has 1 aliphatic heterocycles. The van der Waals surface area contributed by atoms with Crippen molar-refractivity contribution in [1.29, 1.82) is 0 Å². The second kappa shape index (κ2) is 6.11. The van der Waals surface area contributed by atoms with Crippen molar-refractivity contribution in [2.45, 2.75) is 24.4 Å². The van der Waals surface area contributed by atoms with E-state index < -0.39 is 41.0 Å². The fourth-order valence-electron chi connectivity index (χ4n) is 6.41. The second-order valence-corrected chi connectivity index (χ2v) is 8.66. The Kier molecular flexibility index (Phi) is 3.64. The zero-order valence-electron chi connectivity index (χ0n) is 16.8. The molecule has 3 atom stereocenters. The van der Waals surface area contributed by atoms with Crippen LogP contribution < -0.4 is 4.90 Å². The summed E-state index contributed by atoms with van der Waals surface area (Å²) in [4.78, 5) is 28.6. The largest absolute Gasteiger partial charge is 0.392 e. The molecule has 2 bridgehead atoms. The van der Waals surface area contributed by atoms with Crippen LogP contribution in [0.4, 0.5) is 10.1 Å². The van der Waals surface area contributed by atoms with Gasteiger partial charge in [-0.3, -0.25) is 9.59 Å². The van der Waals surface area contributed by atoms with E-state index in [-0.39, 0.29) is 11.6 Å². The van der Waals surface area contributed by atoms with Gasteiger partial charge in [-0.05, 0) is 41.3 Å². The van der Waals surface area contributed by atoms with Crippen LogP contribution >= 0.6 is 0 Å². The van der Waals surface area contributed by atoms with Crippen molar-refractivity contribution in [3.63, 3.8) is 0 Å². The smallest absolute Gasteiger partial charge is 0.239 e. The molecule has 154 valence electrons. The maximum absolute atomic E-state index is 14.7. The Morgan fingerprint density at radius 2 is 1.42 bits per heavy atom. The summed E-state index contributed by atoms with van der Waals surface area (Å²) in [6, 6.07) is 21.3. The van der Waals surface area contributed by atoms with E-state index in [0.29, 0.717) is 0 Å². The monoisotopic (exact) mass is 413 g/mol. The number of rotatable bonds is 2. The number of halogens is 1. The van der Waals surface area contributed by atoms with E-state index in [1.54, 1.807) is 13.0 Å². The van der Waals surface area contributed by atoms with Crippen molar-refractivity contribution >= 4 is 17.5 Å². The normalized spacial score (nSPS) is 28.9. The van der Waals surface area contributed by atoms with Crippen LogP contribution in [0, 0.1) is 17.7 Å². The van der Waals surface area contributed by atoms with Crippen LogP contribution in [0.15, 0.2) is 72.8 Å². The minimum absolute atomic E-state index is 0.0276. The molecular weight excluding hydrogens is 393 g/mol. The van der Waals surface area contributed by atoms with Crippen molar-refractivity contribution in [3.05, 3.63) is 101 Å². The number of hydrogen-bond donors (Lipinski definition) is 1. The maximum Gasteiger partial charge on any atom is 0.239 e. The van der Waals surface area contributed by atoms with Gasteiger partial charge in [0.1, 0.15) is 5.82 Å². The van der Waals surface area contributed by atoms with Gasteiger partial charge in [0.2, 0.25) is 11.8 Å². The highest BCUT2D eigenvalue weighted by Gasteiger charge is 2.69. The number of carbonyl (C=O) groups is 2. The maximum atomic E-state index is 14.7. The van der Waals surface area contributed by atoms with Gasteiger partial charge in [-0.15, -0.1) is 0 Å². The molecule has 1 saturated heterocycles. The Labute approximate surface area is 178 Å². The van der Waals surface area contributed by atoms with Gasteiger partial charge < -0.3 is 5.11 Å². The van der Waals surface area contributed by atoms with Gasteiger partial charge in [-0.25, -0.2) is 9.29 Å². The fourth-order valence-corrected chi connectivity index (χ4v) is 6.41. The minimum Gasteiger partial charge on any atom is -0.392 e. The molecule has 1 fully saturated rings. The third-order valence-electron chi connectivity index (χ3n) is 7.44. The van der Waals surface area contributed by atoms with Crippen molar-refractivity contribution in [2.75, 3.05) is 4.90 Å². The first-order valence-corrected chi connectivity index (χ1v) is 10.5. The molecule has 4 aliphatic rings. The molecule has 2 amide bonds. The fraction of sp³-hybridized carbons (Fsp3) is 0.231. The number of hydrogen-bond acceptors (Lipinski definition) is 3. The number of anilines is 1. The molecular formula is C26H20FNO3. The summed E-state index contributed by atoms with van der Waals surface area (Å²) in [5, 5.41) is 11.3. The van der Waals surface area contributed by atoms with E-state index in [4.69, 9.17) is 0 Å². The van der Waals surface area contributed by atoms with Gasteiger partial charge in [0, 0.05) is 5.92 Å². The number of imide groups is 1. The first-order valence-electron chi connectivity index (χ1n) is 10.5. The second-order valence-electron chi connectivity index (χ2n) is 8.66. The highest BCUT2D eigenvalue weighted by atomic mass is 19.1. The lowest BCUT2D eigenvalue weighted by Gasteiger charge is -2.55. The van der Waals surface area contributed by atoms with E-state index >= 15 is 0 Å². The molecule has 31 heavy (non-hydrogen) atoms. The zero-order valence-corrected chi connectivity index (χ0v) is 16.8. The van der Waals surface area contributed by atoms with Gasteiger partial charge in [0.05, 0.1) is 29.0 Å². The highest BCUT2D eigenvalue weighted by Crippen LogP contribution is 2.65. The van der Waals surface area contributed by atoms with Crippen LogP contribution in [0.3, 0.4) is 0 Å². The predicted octanol–water partition coefficient (Wildman–Crippen LogP) is 3.76. The van der Waals surface area contributed by atoms with Crippen molar-refractivity contribution in [2.24, 2.45) is 11.8 Å². The van der Waals surface area contributed by atoms with Gasteiger partial charge in [-0.1, -0.05) is 60.7 Å². The Bertz CT molecular complexity index is 1220. The third kappa shape index (κ3) is 2.02. The third-order valence-corrected chi connectivity index (χ3v) is 7.44. The molecule has 4 nitrogen and oxygen atoms in total. The molecule has 3 unspecified atom stereocenters. The summed E-state index contributed by atoms with van der Waals surface area (Å²) >= 11 is 0. The number of aliphatic hydroxyl groups is 1. The van der Waals surface area contributed by atoms with Gasteiger partial charge in [0.15, 0.2) is 0 Å². The van der Waals surface area contributed by atoms with Crippen LogP contribution in [0.1, 0.15) is 35.1 Å². The Morgan fingerprint density at radius 1 is 0.871 bits per heavy atom. The molecule has 3 aromatic carbocycles. The first-order chi connectivity index (χ1) is 15.0. The predicted molar refractivity (Wildman–Crippen MR) is 113 cm³/mol. The van der Waals surface area contributed by atoms with Crippen molar-refractivity contribution in [3.8, 4) is 0 Å². The Balaban J connectivity index is 1.68. The highest BCUT2D eigenvalue weighted by molar-refractivity contribution is 6.23. The SMILES string of the molecule is CC(O)C12c3ccccc3C(c3ccccc31)C1C(=O)N(c3ccccc3F)C(=O)C12. The van der Waals surface area contributed by atoms with E-state index in [9.17, 15) is 19.1 Å². The Morgan fingerprint density at radius 3 is 2.00 bits per heavy atom. The van der Waals surface area contributed by atoms with E-state index in [1.165, 1.54) is 18.2 Å². The van der Waals surface area contributed by atoms with Crippen molar-refractivity contribution in [1.82, 2.24) is 0 Å². The van der Waals surface area contributed by atoms with E-state index in [1.807, 2.05) is 48.5 Å². The van der Waals surface area contributed by atoms with Crippen molar-refractivity contribution < 1.29 is 19.1 Å². The standard InChI is InChI=1S/C26H20FNO3/c1-14(29)26-17-10-4-2-8-15(17)21(16-9-3-5-11-18(16)26)22-23(26)25(31)28(24(22)30)20-13-7-6-12-19(20)27/h2-14,21-23,29H,1H3. The molecule has 0 radical (unpaired) electrons. The van der Waals surface area contributed by atoms with Crippen LogP contribution in [0.2, 0.25) is 0 Å². The lowest BCUT2D eigenvalue weighted by molar-refractivity contribution is -0.126. The van der Waals surface area contributed by atoms with Gasteiger partial charge in [0.25, 0.3) is 0 Å². The average molecular weight is 413 g/mol. The topological polar surface area (TPSA) is 57.6 Å². The number of aliphatic hydroxyl groups excluding tert-OH is 1. The molecule has 5 heteroatoms. The van der Waals surface area contributed by atoms with E-state index in [2.05, 4.69) is 0 Å². The van der Waals surface area contributed by atoms with Gasteiger partial charge in [-0.2, -0.15) is 0 Å².